The van der Waals surface area contributed by atoms with Crippen molar-refractivity contribution in [1.82, 2.24) is 5.32 Å². The molecule has 5 heteroatoms. The zero-order valence-corrected chi connectivity index (χ0v) is 16.5. The van der Waals surface area contributed by atoms with Gasteiger partial charge in [-0.1, -0.05) is 37.3 Å². The number of ether oxygens (including phenoxy) is 2. The molecule has 0 aliphatic rings. The normalized spacial score (nSPS) is 11.2. The number of hydrogen-bond donors (Lipinski definition) is 1. The van der Waals surface area contributed by atoms with Crippen LogP contribution >= 0.6 is 0 Å². The zero-order chi connectivity index (χ0) is 19.6. The van der Waals surface area contributed by atoms with Crippen molar-refractivity contribution >= 4 is 11.6 Å². The Balaban J connectivity index is 2.00. The quantitative estimate of drug-likeness (QED) is 0.690. The van der Waals surface area contributed by atoms with E-state index in [0.29, 0.717) is 36.7 Å². The summed E-state index contributed by atoms with van der Waals surface area (Å²) in [5.41, 5.74) is 3.63. The summed E-state index contributed by atoms with van der Waals surface area (Å²) in [6.07, 6.45) is 1.67. The lowest BCUT2D eigenvalue weighted by Crippen LogP contribution is -2.33. The SMILES string of the molecule is CCN=C(C(=O)NCCc1ccc(OC)c(OC)c1)c1ccc(CC)cc1. The molecule has 1 amide bonds. The molecule has 2 aromatic carbocycles. The molecule has 0 heterocycles. The van der Waals surface area contributed by atoms with E-state index in [1.165, 1.54) is 5.56 Å². The summed E-state index contributed by atoms with van der Waals surface area (Å²) in [5.74, 6) is 1.23. The van der Waals surface area contributed by atoms with E-state index in [2.05, 4.69) is 17.2 Å². The van der Waals surface area contributed by atoms with E-state index < -0.39 is 0 Å². The van der Waals surface area contributed by atoms with Crippen molar-refractivity contribution in [3.63, 3.8) is 0 Å². The maximum atomic E-state index is 12.6. The van der Waals surface area contributed by atoms with Crippen LogP contribution in [0, 0.1) is 0 Å². The molecule has 2 aromatic rings. The van der Waals surface area contributed by atoms with Gasteiger partial charge in [-0.3, -0.25) is 9.79 Å². The van der Waals surface area contributed by atoms with Crippen LogP contribution in [-0.2, 0) is 17.6 Å². The number of nitrogens with zero attached hydrogens (tertiary/aromatic N) is 1. The third-order valence-corrected chi connectivity index (χ3v) is 4.31. The number of carbonyl (C=O) groups is 1. The summed E-state index contributed by atoms with van der Waals surface area (Å²) in [7, 11) is 3.22. The second-order valence-corrected chi connectivity index (χ2v) is 6.07. The van der Waals surface area contributed by atoms with Crippen LogP contribution in [-0.4, -0.2) is 38.9 Å². The molecule has 0 atom stereocenters. The molecule has 2 rings (SSSR count). The molecule has 0 saturated heterocycles. The molecule has 1 N–H and O–H groups in total. The van der Waals surface area contributed by atoms with E-state index in [9.17, 15) is 4.79 Å². The molecule has 0 bridgehead atoms. The summed E-state index contributed by atoms with van der Waals surface area (Å²) in [6.45, 7) is 5.12. The van der Waals surface area contributed by atoms with Crippen LogP contribution in [0.15, 0.2) is 47.5 Å². The average Bonchev–Trinajstić information content (AvgIpc) is 2.71. The number of rotatable bonds is 9. The molecule has 0 aromatic heterocycles. The number of benzene rings is 2. The third-order valence-electron chi connectivity index (χ3n) is 4.31. The first kappa shape index (κ1) is 20.5. The zero-order valence-electron chi connectivity index (χ0n) is 16.5. The van der Waals surface area contributed by atoms with Crippen LogP contribution in [0.4, 0.5) is 0 Å². The fourth-order valence-corrected chi connectivity index (χ4v) is 2.79. The van der Waals surface area contributed by atoms with Crippen molar-refractivity contribution in [3.05, 3.63) is 59.2 Å². The minimum Gasteiger partial charge on any atom is -0.493 e. The van der Waals surface area contributed by atoms with Gasteiger partial charge in [0.05, 0.1) is 14.2 Å². The lowest BCUT2D eigenvalue weighted by atomic mass is 10.1. The summed E-state index contributed by atoms with van der Waals surface area (Å²) < 4.78 is 10.6. The molecular formula is C22H28N2O3. The second-order valence-electron chi connectivity index (χ2n) is 6.07. The van der Waals surface area contributed by atoms with Gasteiger partial charge in [0.25, 0.3) is 5.91 Å². The summed E-state index contributed by atoms with van der Waals surface area (Å²) >= 11 is 0. The first-order valence-corrected chi connectivity index (χ1v) is 9.25. The Hall–Kier alpha value is -2.82. The van der Waals surface area contributed by atoms with E-state index in [-0.39, 0.29) is 5.91 Å². The van der Waals surface area contributed by atoms with Gasteiger partial charge >= 0.3 is 0 Å². The topological polar surface area (TPSA) is 59.9 Å². The molecule has 0 aliphatic carbocycles. The molecule has 0 spiro atoms. The van der Waals surface area contributed by atoms with Gasteiger partial charge in [0.2, 0.25) is 0 Å². The molecular weight excluding hydrogens is 340 g/mol. The van der Waals surface area contributed by atoms with Crippen molar-refractivity contribution in [2.75, 3.05) is 27.3 Å². The van der Waals surface area contributed by atoms with Gasteiger partial charge in [-0.15, -0.1) is 0 Å². The summed E-state index contributed by atoms with van der Waals surface area (Å²) in [4.78, 5) is 17.0. The number of nitrogens with one attached hydrogen (secondary N) is 1. The number of aryl methyl sites for hydroxylation is 1. The Kier molecular flexibility index (Phi) is 7.86. The van der Waals surface area contributed by atoms with E-state index >= 15 is 0 Å². The van der Waals surface area contributed by atoms with Gasteiger partial charge in [0.15, 0.2) is 11.5 Å². The van der Waals surface area contributed by atoms with E-state index in [1.807, 2.05) is 49.4 Å². The Labute approximate surface area is 161 Å². The largest absolute Gasteiger partial charge is 0.493 e. The molecule has 0 saturated carbocycles. The fourth-order valence-electron chi connectivity index (χ4n) is 2.79. The first-order valence-electron chi connectivity index (χ1n) is 9.25. The number of aliphatic imine (C=N–C) groups is 1. The Morgan fingerprint density at radius 3 is 2.22 bits per heavy atom. The molecule has 27 heavy (non-hydrogen) atoms. The van der Waals surface area contributed by atoms with Crippen LogP contribution in [0.25, 0.3) is 0 Å². The number of carbonyl (C=O) groups excluding carboxylic acids is 1. The minimum absolute atomic E-state index is 0.151. The highest BCUT2D eigenvalue weighted by atomic mass is 16.5. The van der Waals surface area contributed by atoms with Crippen LogP contribution in [0.1, 0.15) is 30.5 Å². The van der Waals surface area contributed by atoms with Gasteiger partial charge < -0.3 is 14.8 Å². The van der Waals surface area contributed by atoms with Crippen molar-refractivity contribution in [2.45, 2.75) is 26.7 Å². The number of amides is 1. The Morgan fingerprint density at radius 1 is 0.963 bits per heavy atom. The molecule has 144 valence electrons. The Bertz CT molecular complexity index is 783. The van der Waals surface area contributed by atoms with Gasteiger partial charge in [-0.05, 0) is 43.0 Å². The molecule has 0 fully saturated rings. The van der Waals surface area contributed by atoms with Gasteiger partial charge in [0, 0.05) is 18.7 Å². The van der Waals surface area contributed by atoms with E-state index in [1.54, 1.807) is 14.2 Å². The van der Waals surface area contributed by atoms with Crippen LogP contribution in [0.3, 0.4) is 0 Å². The number of methoxy groups -OCH3 is 2. The second kappa shape index (κ2) is 10.4. The predicted octanol–water partition coefficient (Wildman–Crippen LogP) is 3.43. The maximum absolute atomic E-state index is 12.6. The lowest BCUT2D eigenvalue weighted by Gasteiger charge is -2.11. The lowest BCUT2D eigenvalue weighted by molar-refractivity contribution is -0.114. The highest BCUT2D eigenvalue weighted by molar-refractivity contribution is 6.45. The fraction of sp³-hybridized carbons (Fsp3) is 0.364. The van der Waals surface area contributed by atoms with Crippen molar-refractivity contribution in [2.24, 2.45) is 4.99 Å². The van der Waals surface area contributed by atoms with Crippen molar-refractivity contribution < 1.29 is 14.3 Å². The molecule has 0 aliphatic heterocycles. The van der Waals surface area contributed by atoms with E-state index in [4.69, 9.17) is 9.47 Å². The maximum Gasteiger partial charge on any atom is 0.270 e. The van der Waals surface area contributed by atoms with Crippen molar-refractivity contribution in [1.29, 1.82) is 0 Å². The van der Waals surface area contributed by atoms with Crippen LogP contribution < -0.4 is 14.8 Å². The van der Waals surface area contributed by atoms with Gasteiger partial charge in [0.1, 0.15) is 5.71 Å². The molecule has 5 nitrogen and oxygen atoms in total. The van der Waals surface area contributed by atoms with Crippen LogP contribution in [0.5, 0.6) is 11.5 Å². The standard InChI is InChI=1S/C22H28N2O3/c1-5-16-7-10-18(11-8-16)21(23-6-2)22(25)24-14-13-17-9-12-19(26-3)20(15-17)27-4/h7-12,15H,5-6,13-14H2,1-4H3,(H,24,25). The monoisotopic (exact) mass is 368 g/mol. The average molecular weight is 368 g/mol. The van der Waals surface area contributed by atoms with Gasteiger partial charge in [-0.25, -0.2) is 0 Å². The highest BCUT2D eigenvalue weighted by Crippen LogP contribution is 2.27. The van der Waals surface area contributed by atoms with Gasteiger partial charge in [-0.2, -0.15) is 0 Å². The summed E-state index contributed by atoms with van der Waals surface area (Å²) in [5, 5.41) is 2.97. The Morgan fingerprint density at radius 2 is 1.63 bits per heavy atom. The van der Waals surface area contributed by atoms with E-state index in [0.717, 1.165) is 17.5 Å². The highest BCUT2D eigenvalue weighted by Gasteiger charge is 2.13. The molecule has 0 unspecified atom stereocenters. The van der Waals surface area contributed by atoms with Crippen LogP contribution in [0.2, 0.25) is 0 Å². The molecule has 0 radical (unpaired) electrons. The van der Waals surface area contributed by atoms with Crippen molar-refractivity contribution in [3.8, 4) is 11.5 Å². The minimum atomic E-state index is -0.151. The predicted molar refractivity (Wildman–Crippen MR) is 109 cm³/mol. The third kappa shape index (κ3) is 5.58. The number of hydrogen-bond acceptors (Lipinski definition) is 4. The smallest absolute Gasteiger partial charge is 0.270 e. The first-order chi connectivity index (χ1) is 13.1. The summed E-state index contributed by atoms with van der Waals surface area (Å²) in [6, 6.07) is 13.8.